The van der Waals surface area contributed by atoms with Gasteiger partial charge in [-0.3, -0.25) is 0 Å². The summed E-state index contributed by atoms with van der Waals surface area (Å²) in [6, 6.07) is 4.09. The van der Waals surface area contributed by atoms with Gasteiger partial charge in [-0.25, -0.2) is 9.18 Å². The molecule has 0 bridgehead atoms. The van der Waals surface area contributed by atoms with Gasteiger partial charge in [-0.2, -0.15) is 0 Å². The highest BCUT2D eigenvalue weighted by Crippen LogP contribution is 2.32. The maximum atomic E-state index is 13.5. The maximum absolute atomic E-state index is 13.5. The number of carbonyl (C=O) groups is 1. The predicted octanol–water partition coefficient (Wildman–Crippen LogP) is 2.47. The number of rotatable bonds is 1. The number of fused-ring (bicyclic) bond motifs is 1. The molecule has 2 heterocycles. The van der Waals surface area contributed by atoms with E-state index >= 15 is 0 Å². The van der Waals surface area contributed by atoms with E-state index in [1.165, 1.54) is 12.1 Å². The standard InChI is InChI=1S/C16H21FN2O3/c1-10-9-22-11(2)8-19(10)16(20)18-14-5-6-21-15-4-3-12(17)7-13(14)15/h3-4,7,10-11,14H,5-6,8-9H2,1-2H3,(H,18,20)/t10-,11+,14-/m0/s1. The molecule has 2 aliphatic heterocycles. The molecule has 1 saturated heterocycles. The van der Waals surface area contributed by atoms with Crippen LogP contribution in [0.4, 0.5) is 9.18 Å². The molecule has 3 atom stereocenters. The van der Waals surface area contributed by atoms with Gasteiger partial charge in [0.25, 0.3) is 0 Å². The molecule has 0 radical (unpaired) electrons. The fourth-order valence-electron chi connectivity index (χ4n) is 2.93. The number of hydrogen-bond acceptors (Lipinski definition) is 3. The van der Waals surface area contributed by atoms with E-state index < -0.39 is 0 Å². The molecule has 0 saturated carbocycles. The summed E-state index contributed by atoms with van der Waals surface area (Å²) >= 11 is 0. The number of nitrogens with one attached hydrogen (secondary N) is 1. The monoisotopic (exact) mass is 308 g/mol. The zero-order chi connectivity index (χ0) is 15.7. The van der Waals surface area contributed by atoms with Gasteiger partial charge in [-0.1, -0.05) is 0 Å². The lowest BCUT2D eigenvalue weighted by atomic mass is 10.0. The van der Waals surface area contributed by atoms with Crippen LogP contribution in [0.3, 0.4) is 0 Å². The Balaban J connectivity index is 1.74. The quantitative estimate of drug-likeness (QED) is 0.867. The molecule has 1 fully saturated rings. The molecule has 6 heteroatoms. The zero-order valence-corrected chi connectivity index (χ0v) is 12.8. The third kappa shape index (κ3) is 3.02. The summed E-state index contributed by atoms with van der Waals surface area (Å²) in [6.45, 7) is 5.52. The molecule has 3 rings (SSSR count). The number of nitrogens with zero attached hydrogens (tertiary/aromatic N) is 1. The number of carbonyl (C=O) groups excluding carboxylic acids is 1. The molecule has 0 unspecified atom stereocenters. The molecular weight excluding hydrogens is 287 g/mol. The van der Waals surface area contributed by atoms with E-state index in [0.717, 1.165) is 0 Å². The van der Waals surface area contributed by atoms with Crippen molar-refractivity contribution in [2.24, 2.45) is 0 Å². The lowest BCUT2D eigenvalue weighted by Gasteiger charge is -2.38. The van der Waals surface area contributed by atoms with Crippen molar-refractivity contribution in [1.29, 1.82) is 0 Å². The smallest absolute Gasteiger partial charge is 0.318 e. The second-order valence-electron chi connectivity index (χ2n) is 5.97. The van der Waals surface area contributed by atoms with Gasteiger partial charge < -0.3 is 19.7 Å². The highest BCUT2D eigenvalue weighted by Gasteiger charge is 2.30. The Hall–Kier alpha value is -1.82. The van der Waals surface area contributed by atoms with Crippen LogP contribution in [0.2, 0.25) is 0 Å². The van der Waals surface area contributed by atoms with E-state index in [1.54, 1.807) is 11.0 Å². The van der Waals surface area contributed by atoms with Gasteiger partial charge in [-0.05, 0) is 32.0 Å². The number of hydrogen-bond donors (Lipinski definition) is 1. The van der Waals surface area contributed by atoms with E-state index in [4.69, 9.17) is 9.47 Å². The minimum Gasteiger partial charge on any atom is -0.493 e. The van der Waals surface area contributed by atoms with Crippen molar-refractivity contribution in [3.05, 3.63) is 29.6 Å². The third-order valence-electron chi connectivity index (χ3n) is 4.18. The highest BCUT2D eigenvalue weighted by molar-refractivity contribution is 5.75. The maximum Gasteiger partial charge on any atom is 0.318 e. The Morgan fingerprint density at radius 1 is 1.41 bits per heavy atom. The van der Waals surface area contributed by atoms with E-state index in [9.17, 15) is 9.18 Å². The van der Waals surface area contributed by atoms with Gasteiger partial charge in [0.2, 0.25) is 0 Å². The summed E-state index contributed by atoms with van der Waals surface area (Å²) in [7, 11) is 0. The Labute approximate surface area is 129 Å². The van der Waals surface area contributed by atoms with Gasteiger partial charge in [0.1, 0.15) is 11.6 Å². The van der Waals surface area contributed by atoms with Crippen molar-refractivity contribution < 1.29 is 18.7 Å². The summed E-state index contributed by atoms with van der Waals surface area (Å²) in [5, 5.41) is 3.01. The summed E-state index contributed by atoms with van der Waals surface area (Å²) in [4.78, 5) is 14.3. The average Bonchev–Trinajstić information content (AvgIpc) is 2.50. The second kappa shape index (κ2) is 6.12. The lowest BCUT2D eigenvalue weighted by Crippen LogP contribution is -2.54. The summed E-state index contributed by atoms with van der Waals surface area (Å²) in [5.41, 5.74) is 0.702. The molecule has 0 aromatic heterocycles. The van der Waals surface area contributed by atoms with Crippen molar-refractivity contribution in [1.82, 2.24) is 10.2 Å². The Kier molecular flexibility index (Phi) is 4.20. The lowest BCUT2D eigenvalue weighted by molar-refractivity contribution is -0.0323. The van der Waals surface area contributed by atoms with Crippen LogP contribution in [-0.2, 0) is 4.74 Å². The first-order chi connectivity index (χ1) is 10.5. The Bertz CT molecular complexity index is 566. The van der Waals surface area contributed by atoms with Gasteiger partial charge in [-0.15, -0.1) is 0 Å². The number of ether oxygens (including phenoxy) is 2. The molecule has 1 aromatic rings. The predicted molar refractivity (Wildman–Crippen MR) is 79.4 cm³/mol. The summed E-state index contributed by atoms with van der Waals surface area (Å²) < 4.78 is 24.5. The molecule has 2 aliphatic rings. The highest BCUT2D eigenvalue weighted by atomic mass is 19.1. The molecule has 0 spiro atoms. The molecule has 120 valence electrons. The van der Waals surface area contributed by atoms with Crippen LogP contribution < -0.4 is 10.1 Å². The first kappa shape index (κ1) is 15.1. The first-order valence-corrected chi connectivity index (χ1v) is 7.65. The number of benzene rings is 1. The number of amides is 2. The minimum atomic E-state index is -0.322. The largest absolute Gasteiger partial charge is 0.493 e. The molecule has 1 N–H and O–H groups in total. The van der Waals surface area contributed by atoms with Crippen LogP contribution in [-0.4, -0.2) is 42.8 Å². The van der Waals surface area contributed by atoms with Crippen LogP contribution in [0.15, 0.2) is 18.2 Å². The van der Waals surface area contributed by atoms with Crippen molar-refractivity contribution >= 4 is 6.03 Å². The third-order valence-corrected chi connectivity index (χ3v) is 4.18. The molecular formula is C16H21FN2O3. The van der Waals surface area contributed by atoms with Crippen LogP contribution >= 0.6 is 0 Å². The van der Waals surface area contributed by atoms with Gasteiger partial charge in [0, 0.05) is 18.5 Å². The Morgan fingerprint density at radius 3 is 3.05 bits per heavy atom. The van der Waals surface area contributed by atoms with Crippen molar-refractivity contribution in [2.75, 3.05) is 19.8 Å². The van der Waals surface area contributed by atoms with Crippen LogP contribution in [0.25, 0.3) is 0 Å². The zero-order valence-electron chi connectivity index (χ0n) is 12.8. The second-order valence-corrected chi connectivity index (χ2v) is 5.97. The van der Waals surface area contributed by atoms with Crippen LogP contribution in [0.5, 0.6) is 5.75 Å². The first-order valence-electron chi connectivity index (χ1n) is 7.65. The van der Waals surface area contributed by atoms with E-state index in [2.05, 4.69) is 5.32 Å². The number of halogens is 1. The number of morpholine rings is 1. The van der Waals surface area contributed by atoms with Crippen molar-refractivity contribution in [2.45, 2.75) is 38.5 Å². The molecule has 0 aliphatic carbocycles. The van der Waals surface area contributed by atoms with Crippen LogP contribution in [0.1, 0.15) is 31.9 Å². The molecule has 5 nitrogen and oxygen atoms in total. The molecule has 22 heavy (non-hydrogen) atoms. The van der Waals surface area contributed by atoms with Gasteiger partial charge in [0.05, 0.1) is 31.4 Å². The topological polar surface area (TPSA) is 50.8 Å². The summed E-state index contributed by atoms with van der Waals surface area (Å²) in [5.74, 6) is 0.318. The minimum absolute atomic E-state index is 0.0290. The summed E-state index contributed by atoms with van der Waals surface area (Å²) in [6.07, 6.45) is 0.664. The van der Waals surface area contributed by atoms with Crippen molar-refractivity contribution in [3.8, 4) is 5.75 Å². The van der Waals surface area contributed by atoms with E-state index in [1.807, 2.05) is 13.8 Å². The number of urea groups is 1. The SMILES string of the molecule is C[C@@H]1CN(C(=O)N[C@H]2CCOc3ccc(F)cc32)[C@@H](C)CO1. The fourth-order valence-corrected chi connectivity index (χ4v) is 2.93. The van der Waals surface area contributed by atoms with E-state index in [-0.39, 0.29) is 30.0 Å². The average molecular weight is 308 g/mol. The fraction of sp³-hybridized carbons (Fsp3) is 0.562. The van der Waals surface area contributed by atoms with Gasteiger partial charge in [0.15, 0.2) is 0 Å². The Morgan fingerprint density at radius 2 is 2.23 bits per heavy atom. The van der Waals surface area contributed by atoms with Crippen LogP contribution in [0, 0.1) is 5.82 Å². The molecule has 1 aromatic carbocycles. The van der Waals surface area contributed by atoms with E-state index in [0.29, 0.717) is 37.5 Å². The normalized spacial score (nSPS) is 27.8. The van der Waals surface area contributed by atoms with Gasteiger partial charge >= 0.3 is 6.03 Å². The molecule has 2 amide bonds. The van der Waals surface area contributed by atoms with Crippen molar-refractivity contribution in [3.63, 3.8) is 0 Å².